The Kier molecular flexibility index (Phi) is 3.24. The number of aromatic nitrogens is 2. The largest absolute Gasteiger partial charge is 0.364 e. The highest BCUT2D eigenvalue weighted by molar-refractivity contribution is 5.82. The van der Waals surface area contributed by atoms with Crippen LogP contribution in [0.25, 0.3) is 0 Å². The van der Waals surface area contributed by atoms with E-state index in [9.17, 15) is 4.79 Å². The number of anilines is 1. The summed E-state index contributed by atoms with van der Waals surface area (Å²) in [6, 6.07) is 2.21. The van der Waals surface area contributed by atoms with Crippen LogP contribution in [0.3, 0.4) is 0 Å². The van der Waals surface area contributed by atoms with Gasteiger partial charge in [-0.2, -0.15) is 0 Å². The molecule has 0 aromatic carbocycles. The number of carbonyl (C=O) groups is 1. The number of hydrogen-bond acceptors (Lipinski definition) is 4. The van der Waals surface area contributed by atoms with E-state index in [0.717, 1.165) is 24.6 Å². The van der Waals surface area contributed by atoms with Gasteiger partial charge in [0, 0.05) is 30.3 Å². The number of carbonyl (C=O) groups excluding carboxylic acids is 1. The van der Waals surface area contributed by atoms with E-state index in [2.05, 4.69) is 15.3 Å². The highest BCUT2D eigenvalue weighted by atomic mass is 16.2. The van der Waals surface area contributed by atoms with Crippen molar-refractivity contribution < 1.29 is 4.79 Å². The molecule has 98 valence electrons. The number of nitrogens with zero attached hydrogens (tertiary/aromatic N) is 3. The highest BCUT2D eigenvalue weighted by Gasteiger charge is 2.36. The van der Waals surface area contributed by atoms with Gasteiger partial charge in [0.2, 0.25) is 5.91 Å². The molecule has 0 unspecified atom stereocenters. The number of amides is 1. The van der Waals surface area contributed by atoms with Crippen LogP contribution in [0.1, 0.15) is 26.5 Å². The lowest BCUT2D eigenvalue weighted by molar-refractivity contribution is -0.143. The lowest BCUT2D eigenvalue weighted by atomic mass is 9.92. The van der Waals surface area contributed by atoms with Gasteiger partial charge >= 0.3 is 0 Å². The molecule has 1 aliphatic rings. The summed E-state index contributed by atoms with van der Waals surface area (Å²) in [4.78, 5) is 22.1. The van der Waals surface area contributed by atoms with Crippen LogP contribution >= 0.6 is 0 Å². The van der Waals surface area contributed by atoms with Crippen molar-refractivity contribution in [3.05, 3.63) is 18.1 Å². The van der Waals surface area contributed by atoms with Crippen LogP contribution in [0.5, 0.6) is 0 Å². The Bertz CT molecular complexity index is 447. The van der Waals surface area contributed by atoms with Crippen LogP contribution in [-0.2, 0) is 4.79 Å². The molecular weight excluding hydrogens is 228 g/mol. The van der Waals surface area contributed by atoms with Gasteiger partial charge in [0.15, 0.2) is 0 Å². The SMILES string of the molecule is Cc1cc(NC2CN(C(=O)C(C)(C)C)C2)ncn1. The average molecular weight is 248 g/mol. The molecule has 2 heterocycles. The molecule has 1 fully saturated rings. The molecule has 0 saturated carbocycles. The first kappa shape index (κ1) is 12.8. The maximum absolute atomic E-state index is 12.0. The summed E-state index contributed by atoms with van der Waals surface area (Å²) in [7, 11) is 0. The fourth-order valence-electron chi connectivity index (χ4n) is 1.95. The third kappa shape index (κ3) is 2.78. The van der Waals surface area contributed by atoms with E-state index in [1.165, 1.54) is 0 Å². The Morgan fingerprint density at radius 3 is 2.61 bits per heavy atom. The Labute approximate surface area is 108 Å². The quantitative estimate of drug-likeness (QED) is 0.860. The van der Waals surface area contributed by atoms with Crippen LogP contribution in [0, 0.1) is 12.3 Å². The van der Waals surface area contributed by atoms with Gasteiger partial charge in [0.25, 0.3) is 0 Å². The molecular formula is C13H20N4O. The van der Waals surface area contributed by atoms with Gasteiger partial charge < -0.3 is 10.2 Å². The van der Waals surface area contributed by atoms with E-state index >= 15 is 0 Å². The molecule has 5 nitrogen and oxygen atoms in total. The summed E-state index contributed by atoms with van der Waals surface area (Å²) in [6.45, 7) is 9.28. The van der Waals surface area contributed by atoms with E-state index < -0.39 is 0 Å². The van der Waals surface area contributed by atoms with Gasteiger partial charge in [-0.1, -0.05) is 20.8 Å². The Balaban J connectivity index is 1.85. The van der Waals surface area contributed by atoms with E-state index in [4.69, 9.17) is 0 Å². The first-order valence-corrected chi connectivity index (χ1v) is 6.21. The molecule has 0 radical (unpaired) electrons. The second kappa shape index (κ2) is 4.55. The zero-order valence-electron chi connectivity index (χ0n) is 11.4. The smallest absolute Gasteiger partial charge is 0.228 e. The molecule has 5 heteroatoms. The van der Waals surface area contributed by atoms with E-state index in [-0.39, 0.29) is 11.3 Å². The van der Waals surface area contributed by atoms with Crippen molar-refractivity contribution in [2.75, 3.05) is 18.4 Å². The molecule has 1 saturated heterocycles. The lowest BCUT2D eigenvalue weighted by Gasteiger charge is -2.42. The van der Waals surface area contributed by atoms with Crippen molar-refractivity contribution in [1.29, 1.82) is 0 Å². The van der Waals surface area contributed by atoms with Crippen molar-refractivity contribution >= 4 is 11.7 Å². The number of aryl methyl sites for hydroxylation is 1. The third-order valence-corrected chi connectivity index (χ3v) is 2.97. The number of rotatable bonds is 2. The highest BCUT2D eigenvalue weighted by Crippen LogP contribution is 2.22. The minimum atomic E-state index is -0.295. The minimum absolute atomic E-state index is 0.208. The molecule has 1 aromatic heterocycles. The number of hydrogen-bond donors (Lipinski definition) is 1. The van der Waals surface area contributed by atoms with Gasteiger partial charge in [0.1, 0.15) is 12.1 Å². The fraction of sp³-hybridized carbons (Fsp3) is 0.615. The summed E-state index contributed by atoms with van der Waals surface area (Å²) in [6.07, 6.45) is 1.55. The molecule has 18 heavy (non-hydrogen) atoms. The monoisotopic (exact) mass is 248 g/mol. The predicted molar refractivity (Wildman–Crippen MR) is 70.2 cm³/mol. The summed E-state index contributed by atoms with van der Waals surface area (Å²) in [5.41, 5.74) is 0.644. The molecule has 1 N–H and O–H groups in total. The van der Waals surface area contributed by atoms with E-state index in [1.807, 2.05) is 38.7 Å². The van der Waals surface area contributed by atoms with Gasteiger partial charge in [-0.05, 0) is 6.92 Å². The van der Waals surface area contributed by atoms with Crippen LogP contribution in [0.2, 0.25) is 0 Å². The van der Waals surface area contributed by atoms with Crippen molar-refractivity contribution in [2.45, 2.75) is 33.7 Å². The van der Waals surface area contributed by atoms with Crippen LogP contribution in [-0.4, -0.2) is 39.9 Å². The number of nitrogens with one attached hydrogen (secondary N) is 1. The molecule has 0 atom stereocenters. The third-order valence-electron chi connectivity index (χ3n) is 2.97. The molecule has 1 aromatic rings. The molecule has 2 rings (SSSR count). The Morgan fingerprint density at radius 2 is 2.06 bits per heavy atom. The molecule has 1 aliphatic heterocycles. The predicted octanol–water partition coefficient (Wildman–Crippen LogP) is 1.45. The Hall–Kier alpha value is -1.65. The molecule has 0 spiro atoms. The maximum atomic E-state index is 12.0. The first-order valence-electron chi connectivity index (χ1n) is 6.21. The molecule has 0 bridgehead atoms. The van der Waals surface area contributed by atoms with Gasteiger partial charge in [-0.25, -0.2) is 9.97 Å². The van der Waals surface area contributed by atoms with Crippen molar-refractivity contribution in [2.24, 2.45) is 5.41 Å². The van der Waals surface area contributed by atoms with Crippen molar-refractivity contribution in [3.8, 4) is 0 Å². The second-order valence-corrected chi connectivity index (χ2v) is 5.85. The summed E-state index contributed by atoms with van der Waals surface area (Å²) < 4.78 is 0. The van der Waals surface area contributed by atoms with Crippen LogP contribution < -0.4 is 5.32 Å². The maximum Gasteiger partial charge on any atom is 0.228 e. The molecule has 1 amide bonds. The summed E-state index contributed by atoms with van der Waals surface area (Å²) in [5, 5.41) is 3.31. The summed E-state index contributed by atoms with van der Waals surface area (Å²) >= 11 is 0. The van der Waals surface area contributed by atoms with E-state index in [1.54, 1.807) is 6.33 Å². The zero-order valence-corrected chi connectivity index (χ0v) is 11.4. The van der Waals surface area contributed by atoms with E-state index in [0.29, 0.717) is 6.04 Å². The summed E-state index contributed by atoms with van der Waals surface area (Å²) in [5.74, 6) is 1.04. The van der Waals surface area contributed by atoms with Crippen LogP contribution in [0.15, 0.2) is 12.4 Å². The van der Waals surface area contributed by atoms with Crippen molar-refractivity contribution in [1.82, 2.24) is 14.9 Å². The Morgan fingerprint density at radius 1 is 1.39 bits per heavy atom. The van der Waals surface area contributed by atoms with Crippen LogP contribution in [0.4, 0.5) is 5.82 Å². The van der Waals surface area contributed by atoms with Crippen molar-refractivity contribution in [3.63, 3.8) is 0 Å². The van der Waals surface area contributed by atoms with Gasteiger partial charge in [-0.15, -0.1) is 0 Å². The van der Waals surface area contributed by atoms with Gasteiger partial charge in [-0.3, -0.25) is 4.79 Å². The molecule has 0 aliphatic carbocycles. The number of likely N-dealkylation sites (tertiary alicyclic amines) is 1. The lowest BCUT2D eigenvalue weighted by Crippen LogP contribution is -2.59. The standard InChI is InChI=1S/C13H20N4O/c1-9-5-11(15-8-14-9)16-10-6-17(7-10)12(18)13(2,3)4/h5,8,10H,6-7H2,1-4H3,(H,14,15,16). The topological polar surface area (TPSA) is 58.1 Å². The second-order valence-electron chi connectivity index (χ2n) is 5.85. The average Bonchev–Trinajstić information content (AvgIpc) is 2.20. The van der Waals surface area contributed by atoms with Gasteiger partial charge in [0.05, 0.1) is 6.04 Å². The normalized spacial score (nSPS) is 16.3. The zero-order chi connectivity index (χ0) is 13.3. The first-order chi connectivity index (χ1) is 8.36. The fourth-order valence-corrected chi connectivity index (χ4v) is 1.95. The minimum Gasteiger partial charge on any atom is -0.364 e.